The van der Waals surface area contributed by atoms with E-state index >= 15 is 0 Å². The Morgan fingerprint density at radius 3 is 2.78 bits per heavy atom. The molecule has 1 aromatic heterocycles. The Hall–Kier alpha value is -3.14. The first-order chi connectivity index (χ1) is 13.2. The van der Waals surface area contributed by atoms with Crippen molar-refractivity contribution in [3.63, 3.8) is 0 Å². The molecule has 0 radical (unpaired) electrons. The van der Waals surface area contributed by atoms with Crippen LogP contribution in [0.15, 0.2) is 89.2 Å². The number of likely N-dealkylation sites (N-methyl/N-ethyl adjacent to an activating group) is 2. The fourth-order valence-corrected chi connectivity index (χ4v) is 4.39. The molecule has 1 aliphatic carbocycles. The summed E-state index contributed by atoms with van der Waals surface area (Å²) in [5.41, 5.74) is 4.20. The third-order valence-electron chi connectivity index (χ3n) is 5.77. The molecular weight excluding hydrogens is 332 g/mol. The lowest BCUT2D eigenvalue weighted by molar-refractivity contribution is 0.138. The van der Waals surface area contributed by atoms with Gasteiger partial charge in [0, 0.05) is 43.4 Å². The smallest absolute Gasteiger partial charge is 0.183 e. The average molecular weight is 354 g/mol. The van der Waals surface area contributed by atoms with Gasteiger partial charge in [0.05, 0.1) is 11.2 Å². The molecule has 1 aromatic carbocycles. The van der Waals surface area contributed by atoms with Crippen LogP contribution in [0.5, 0.6) is 0 Å². The first-order valence-electron chi connectivity index (χ1n) is 9.36. The fourth-order valence-electron chi connectivity index (χ4n) is 4.39. The van der Waals surface area contributed by atoms with E-state index in [1.807, 2.05) is 6.07 Å². The highest BCUT2D eigenvalue weighted by molar-refractivity contribution is 5.89. The Bertz CT molecular complexity index is 1070. The zero-order chi connectivity index (χ0) is 18.4. The Kier molecular flexibility index (Phi) is 3.54. The second-order valence-corrected chi connectivity index (χ2v) is 7.24. The molecule has 0 saturated carbocycles. The Labute approximate surface area is 159 Å². The van der Waals surface area contributed by atoms with Gasteiger partial charge in [0.25, 0.3) is 0 Å². The molecule has 27 heavy (non-hydrogen) atoms. The zero-order valence-corrected chi connectivity index (χ0v) is 15.6. The molecule has 3 aliphatic rings. The summed E-state index contributed by atoms with van der Waals surface area (Å²) in [7, 11) is 4.27. The highest BCUT2D eigenvalue weighted by Crippen LogP contribution is 2.45. The maximum atomic E-state index is 5.00. The summed E-state index contributed by atoms with van der Waals surface area (Å²) in [6.45, 7) is 0. The number of benzene rings is 1. The van der Waals surface area contributed by atoms with Crippen molar-refractivity contribution >= 4 is 16.7 Å². The van der Waals surface area contributed by atoms with E-state index in [9.17, 15) is 0 Å². The van der Waals surface area contributed by atoms with Crippen molar-refractivity contribution < 1.29 is 0 Å². The number of para-hydroxylation sites is 1. The van der Waals surface area contributed by atoms with Crippen LogP contribution in [-0.2, 0) is 6.42 Å². The molecule has 2 aliphatic heterocycles. The second kappa shape index (κ2) is 5.95. The molecule has 1 atom stereocenters. The van der Waals surface area contributed by atoms with Crippen LogP contribution in [-0.4, -0.2) is 40.4 Å². The molecule has 0 saturated heterocycles. The van der Waals surface area contributed by atoms with Crippen LogP contribution < -0.4 is 0 Å². The Morgan fingerprint density at radius 2 is 1.85 bits per heavy atom. The number of nitrogens with zero attached hydrogens (tertiary/aromatic N) is 4. The number of pyridine rings is 1. The molecule has 0 bridgehead atoms. The van der Waals surface area contributed by atoms with Gasteiger partial charge in [-0.2, -0.15) is 0 Å². The molecule has 1 unspecified atom stereocenters. The van der Waals surface area contributed by atoms with E-state index in [1.165, 1.54) is 11.0 Å². The van der Waals surface area contributed by atoms with Gasteiger partial charge in [0.15, 0.2) is 5.66 Å². The summed E-state index contributed by atoms with van der Waals surface area (Å²) in [6.07, 6.45) is 14.6. The Morgan fingerprint density at radius 1 is 0.963 bits per heavy atom. The topological polar surface area (TPSA) is 31.7 Å². The van der Waals surface area contributed by atoms with E-state index in [2.05, 4.69) is 90.8 Å². The summed E-state index contributed by atoms with van der Waals surface area (Å²) in [5, 5.41) is 1.18. The number of fused-ring (bicyclic) bond motifs is 1. The second-order valence-electron chi connectivity index (χ2n) is 7.24. The largest absolute Gasteiger partial charge is 0.349 e. The summed E-state index contributed by atoms with van der Waals surface area (Å²) >= 11 is 0. The van der Waals surface area contributed by atoms with Crippen molar-refractivity contribution in [1.29, 1.82) is 0 Å². The van der Waals surface area contributed by atoms with E-state index in [0.717, 1.165) is 35.6 Å². The normalized spacial score (nSPS) is 23.1. The van der Waals surface area contributed by atoms with E-state index in [4.69, 9.17) is 9.98 Å². The van der Waals surface area contributed by atoms with Crippen molar-refractivity contribution in [2.45, 2.75) is 18.5 Å². The van der Waals surface area contributed by atoms with Crippen molar-refractivity contribution in [2.24, 2.45) is 4.99 Å². The number of allylic oxidation sites excluding steroid dienone is 4. The molecule has 4 heteroatoms. The van der Waals surface area contributed by atoms with E-state index in [1.54, 1.807) is 0 Å². The minimum atomic E-state index is -0.310. The first kappa shape index (κ1) is 16.1. The van der Waals surface area contributed by atoms with Gasteiger partial charge in [-0.05, 0) is 30.7 Å². The SMILES string of the molecule is CN1C=CC=C2C=CC=C3N=C(CCc4ccc5ccccc5n4)N(C)C231. The van der Waals surface area contributed by atoms with Gasteiger partial charge in [-0.3, -0.25) is 4.98 Å². The van der Waals surface area contributed by atoms with Gasteiger partial charge < -0.3 is 9.80 Å². The van der Waals surface area contributed by atoms with Gasteiger partial charge in [0.1, 0.15) is 5.84 Å². The Balaban J connectivity index is 1.42. The van der Waals surface area contributed by atoms with E-state index < -0.39 is 0 Å². The van der Waals surface area contributed by atoms with Crippen molar-refractivity contribution in [3.05, 3.63) is 89.9 Å². The predicted octanol–water partition coefficient (Wildman–Crippen LogP) is 4.05. The van der Waals surface area contributed by atoms with Crippen LogP contribution in [0.25, 0.3) is 10.9 Å². The summed E-state index contributed by atoms with van der Waals surface area (Å²) in [5.74, 6) is 1.10. The van der Waals surface area contributed by atoms with Crippen molar-refractivity contribution in [2.75, 3.05) is 14.1 Å². The van der Waals surface area contributed by atoms with E-state index in [-0.39, 0.29) is 5.66 Å². The minimum Gasteiger partial charge on any atom is -0.349 e. The zero-order valence-electron chi connectivity index (χ0n) is 15.6. The number of aliphatic imine (C=N–C) groups is 1. The van der Waals surface area contributed by atoms with Crippen LogP contribution in [0.4, 0.5) is 0 Å². The van der Waals surface area contributed by atoms with Crippen molar-refractivity contribution in [1.82, 2.24) is 14.8 Å². The number of aryl methyl sites for hydroxylation is 1. The van der Waals surface area contributed by atoms with E-state index in [0.29, 0.717) is 0 Å². The lowest BCUT2D eigenvalue weighted by Gasteiger charge is -2.48. The van der Waals surface area contributed by atoms with Gasteiger partial charge in [-0.25, -0.2) is 4.99 Å². The summed E-state index contributed by atoms with van der Waals surface area (Å²) in [4.78, 5) is 14.4. The molecule has 0 amide bonds. The minimum absolute atomic E-state index is 0.310. The number of hydrogen-bond acceptors (Lipinski definition) is 4. The standard InChI is InChI=1S/C23H22N4/c1-26-16-6-9-18-8-5-11-21-23(18,26)27(2)22(25-21)15-14-19-13-12-17-7-3-4-10-20(17)24-19/h3-13,16H,14-15H2,1-2H3. The molecule has 3 heterocycles. The van der Waals surface area contributed by atoms with Gasteiger partial charge in [-0.1, -0.05) is 42.5 Å². The number of rotatable bonds is 3. The van der Waals surface area contributed by atoms with Crippen LogP contribution in [0.2, 0.25) is 0 Å². The fraction of sp³-hybridized carbons (Fsp3) is 0.217. The van der Waals surface area contributed by atoms with Crippen LogP contribution in [0.1, 0.15) is 12.1 Å². The molecule has 0 N–H and O–H groups in total. The highest BCUT2D eigenvalue weighted by atomic mass is 15.5. The lowest BCUT2D eigenvalue weighted by atomic mass is 9.87. The number of amidine groups is 1. The summed E-state index contributed by atoms with van der Waals surface area (Å²) in [6, 6.07) is 12.5. The summed E-state index contributed by atoms with van der Waals surface area (Å²) < 4.78 is 0. The molecule has 2 aromatic rings. The number of hydrogen-bond donors (Lipinski definition) is 0. The van der Waals surface area contributed by atoms with Gasteiger partial charge in [0.2, 0.25) is 0 Å². The average Bonchev–Trinajstić information content (AvgIpc) is 2.99. The first-order valence-corrected chi connectivity index (χ1v) is 9.36. The maximum Gasteiger partial charge on any atom is 0.183 e. The third-order valence-corrected chi connectivity index (χ3v) is 5.77. The molecule has 1 spiro atoms. The van der Waals surface area contributed by atoms with Crippen LogP contribution in [0.3, 0.4) is 0 Å². The predicted molar refractivity (Wildman–Crippen MR) is 110 cm³/mol. The third kappa shape index (κ3) is 2.29. The lowest BCUT2D eigenvalue weighted by Crippen LogP contribution is -2.58. The highest BCUT2D eigenvalue weighted by Gasteiger charge is 2.51. The molecular formula is C23H22N4. The molecule has 0 fully saturated rings. The molecule has 5 rings (SSSR count). The van der Waals surface area contributed by atoms with Gasteiger partial charge >= 0.3 is 0 Å². The van der Waals surface area contributed by atoms with Crippen molar-refractivity contribution in [3.8, 4) is 0 Å². The molecule has 134 valence electrons. The maximum absolute atomic E-state index is 5.00. The number of aromatic nitrogens is 1. The van der Waals surface area contributed by atoms with Crippen LogP contribution >= 0.6 is 0 Å². The monoisotopic (exact) mass is 354 g/mol. The quantitative estimate of drug-likeness (QED) is 0.833. The van der Waals surface area contributed by atoms with Gasteiger partial charge in [-0.15, -0.1) is 0 Å². The molecule has 4 nitrogen and oxygen atoms in total. The van der Waals surface area contributed by atoms with Crippen LogP contribution in [0, 0.1) is 0 Å².